The van der Waals surface area contributed by atoms with Crippen LogP contribution in [0.15, 0.2) is 24.3 Å². The van der Waals surface area contributed by atoms with Crippen LogP contribution in [-0.4, -0.2) is 20.1 Å². The normalized spacial score (nSPS) is 17.3. The van der Waals surface area contributed by atoms with Gasteiger partial charge >= 0.3 is 0 Å². The fourth-order valence-electron chi connectivity index (χ4n) is 2.61. The summed E-state index contributed by atoms with van der Waals surface area (Å²) in [6.07, 6.45) is 4.26. The SMILES string of the molecule is CCNC(C)c1ccc(N(C)CC2CCC2)cc1. The van der Waals surface area contributed by atoms with Crippen molar-refractivity contribution in [2.45, 2.75) is 39.2 Å². The highest BCUT2D eigenvalue weighted by molar-refractivity contribution is 5.47. The molecule has 1 unspecified atom stereocenters. The predicted octanol–water partition coefficient (Wildman–Crippen LogP) is 3.59. The highest BCUT2D eigenvalue weighted by Crippen LogP contribution is 2.28. The van der Waals surface area contributed by atoms with Gasteiger partial charge in [-0.2, -0.15) is 0 Å². The van der Waals surface area contributed by atoms with Gasteiger partial charge in [0.2, 0.25) is 0 Å². The summed E-state index contributed by atoms with van der Waals surface area (Å²) in [5.41, 5.74) is 2.71. The van der Waals surface area contributed by atoms with E-state index in [1.165, 1.54) is 37.1 Å². The van der Waals surface area contributed by atoms with Crippen LogP contribution in [0.5, 0.6) is 0 Å². The summed E-state index contributed by atoms with van der Waals surface area (Å²) in [5, 5.41) is 3.45. The van der Waals surface area contributed by atoms with Gasteiger partial charge in [0.05, 0.1) is 0 Å². The van der Waals surface area contributed by atoms with Crippen LogP contribution in [0.4, 0.5) is 5.69 Å². The number of nitrogens with zero attached hydrogens (tertiary/aromatic N) is 1. The maximum atomic E-state index is 3.45. The quantitative estimate of drug-likeness (QED) is 0.825. The van der Waals surface area contributed by atoms with Gasteiger partial charge in [0.1, 0.15) is 0 Å². The Morgan fingerprint density at radius 2 is 1.94 bits per heavy atom. The van der Waals surface area contributed by atoms with Crippen LogP contribution in [0.25, 0.3) is 0 Å². The van der Waals surface area contributed by atoms with Crippen LogP contribution in [0.1, 0.15) is 44.7 Å². The molecular weight excluding hydrogens is 220 g/mol. The third-order valence-electron chi connectivity index (χ3n) is 4.10. The van der Waals surface area contributed by atoms with Crippen molar-refractivity contribution < 1.29 is 0 Å². The summed E-state index contributed by atoms with van der Waals surface area (Å²) in [7, 11) is 2.21. The zero-order valence-corrected chi connectivity index (χ0v) is 11.9. The van der Waals surface area contributed by atoms with Gasteiger partial charge in [-0.25, -0.2) is 0 Å². The lowest BCUT2D eigenvalue weighted by atomic mass is 9.85. The molecule has 0 amide bonds. The molecule has 0 saturated heterocycles. The number of hydrogen-bond donors (Lipinski definition) is 1. The van der Waals surface area contributed by atoms with E-state index in [0.717, 1.165) is 12.5 Å². The topological polar surface area (TPSA) is 15.3 Å². The first-order chi connectivity index (χ1) is 8.70. The average molecular weight is 246 g/mol. The Bertz CT molecular complexity index is 354. The molecule has 1 aliphatic rings. The van der Waals surface area contributed by atoms with Gasteiger partial charge in [-0.1, -0.05) is 25.5 Å². The minimum atomic E-state index is 0.445. The minimum Gasteiger partial charge on any atom is -0.374 e. The summed E-state index contributed by atoms with van der Waals surface area (Å²) in [5.74, 6) is 0.926. The molecule has 0 heterocycles. The number of hydrogen-bond acceptors (Lipinski definition) is 2. The zero-order chi connectivity index (χ0) is 13.0. The lowest BCUT2D eigenvalue weighted by Crippen LogP contribution is -2.29. The number of anilines is 1. The minimum absolute atomic E-state index is 0.445. The number of rotatable bonds is 6. The van der Waals surface area contributed by atoms with Gasteiger partial charge in [-0.15, -0.1) is 0 Å². The molecule has 1 aliphatic carbocycles. The molecule has 18 heavy (non-hydrogen) atoms. The van der Waals surface area contributed by atoms with Crippen LogP contribution in [0, 0.1) is 5.92 Å². The Kier molecular flexibility index (Phi) is 4.65. The van der Waals surface area contributed by atoms with E-state index in [4.69, 9.17) is 0 Å². The van der Waals surface area contributed by atoms with Crippen molar-refractivity contribution in [2.24, 2.45) is 5.92 Å². The third kappa shape index (κ3) is 3.26. The first-order valence-electron chi connectivity index (χ1n) is 7.25. The molecule has 1 aromatic rings. The fraction of sp³-hybridized carbons (Fsp3) is 0.625. The maximum Gasteiger partial charge on any atom is 0.0363 e. The second-order valence-corrected chi connectivity index (χ2v) is 5.55. The highest BCUT2D eigenvalue weighted by atomic mass is 15.1. The Hall–Kier alpha value is -1.02. The van der Waals surface area contributed by atoms with Crippen LogP contribution in [0.2, 0.25) is 0 Å². The Balaban J connectivity index is 1.93. The first kappa shape index (κ1) is 13.4. The summed E-state index contributed by atoms with van der Waals surface area (Å²) in [6.45, 7) is 6.60. The van der Waals surface area contributed by atoms with Crippen molar-refractivity contribution in [3.8, 4) is 0 Å². The zero-order valence-electron chi connectivity index (χ0n) is 11.9. The summed E-state index contributed by atoms with van der Waals surface area (Å²) in [4.78, 5) is 2.39. The molecule has 1 N–H and O–H groups in total. The molecule has 1 atom stereocenters. The van der Waals surface area contributed by atoms with E-state index in [1.807, 2.05) is 0 Å². The van der Waals surface area contributed by atoms with Gasteiger partial charge in [0.15, 0.2) is 0 Å². The fourth-order valence-corrected chi connectivity index (χ4v) is 2.61. The molecule has 0 spiro atoms. The standard InChI is InChI=1S/C16H26N2/c1-4-17-13(2)15-8-10-16(11-9-15)18(3)12-14-6-5-7-14/h8-11,13-14,17H,4-7,12H2,1-3H3. The van der Waals surface area contributed by atoms with Crippen molar-refractivity contribution in [1.29, 1.82) is 0 Å². The Morgan fingerprint density at radius 1 is 1.28 bits per heavy atom. The molecule has 0 aromatic heterocycles. The van der Waals surface area contributed by atoms with Crippen molar-refractivity contribution >= 4 is 5.69 Å². The van der Waals surface area contributed by atoms with E-state index in [0.29, 0.717) is 6.04 Å². The molecule has 2 rings (SSSR count). The van der Waals surface area contributed by atoms with Crippen LogP contribution < -0.4 is 10.2 Å². The molecule has 1 aromatic carbocycles. The number of nitrogens with one attached hydrogen (secondary N) is 1. The maximum absolute atomic E-state index is 3.45. The summed E-state index contributed by atoms with van der Waals surface area (Å²) >= 11 is 0. The smallest absolute Gasteiger partial charge is 0.0363 e. The molecule has 2 nitrogen and oxygen atoms in total. The molecule has 0 radical (unpaired) electrons. The van der Waals surface area contributed by atoms with Gasteiger partial charge in [-0.3, -0.25) is 0 Å². The van der Waals surface area contributed by atoms with E-state index >= 15 is 0 Å². The molecule has 100 valence electrons. The van der Waals surface area contributed by atoms with Crippen LogP contribution in [0.3, 0.4) is 0 Å². The second kappa shape index (κ2) is 6.24. The molecule has 0 bridgehead atoms. The van der Waals surface area contributed by atoms with Crippen molar-refractivity contribution in [3.05, 3.63) is 29.8 Å². The Labute approximate surface area is 111 Å². The van der Waals surface area contributed by atoms with Crippen molar-refractivity contribution in [1.82, 2.24) is 5.32 Å². The molecule has 1 fully saturated rings. The van der Waals surface area contributed by atoms with E-state index in [-0.39, 0.29) is 0 Å². The summed E-state index contributed by atoms with van der Waals surface area (Å²) < 4.78 is 0. The summed E-state index contributed by atoms with van der Waals surface area (Å²) in [6, 6.07) is 9.45. The first-order valence-corrected chi connectivity index (χ1v) is 7.25. The predicted molar refractivity (Wildman–Crippen MR) is 79.1 cm³/mol. The molecule has 1 saturated carbocycles. The van der Waals surface area contributed by atoms with Crippen LogP contribution >= 0.6 is 0 Å². The average Bonchev–Trinajstić information content (AvgIpc) is 2.34. The largest absolute Gasteiger partial charge is 0.374 e. The monoisotopic (exact) mass is 246 g/mol. The van der Waals surface area contributed by atoms with E-state index in [9.17, 15) is 0 Å². The van der Waals surface area contributed by atoms with Gasteiger partial charge in [0.25, 0.3) is 0 Å². The van der Waals surface area contributed by atoms with Gasteiger partial charge < -0.3 is 10.2 Å². The Morgan fingerprint density at radius 3 is 2.44 bits per heavy atom. The molecular formula is C16H26N2. The highest BCUT2D eigenvalue weighted by Gasteiger charge is 2.19. The number of benzene rings is 1. The van der Waals surface area contributed by atoms with Gasteiger partial charge in [-0.05, 0) is 49.9 Å². The van der Waals surface area contributed by atoms with Crippen molar-refractivity contribution in [2.75, 3.05) is 25.0 Å². The van der Waals surface area contributed by atoms with Crippen molar-refractivity contribution in [3.63, 3.8) is 0 Å². The van der Waals surface area contributed by atoms with E-state index in [2.05, 4.69) is 55.4 Å². The van der Waals surface area contributed by atoms with E-state index < -0.39 is 0 Å². The molecule has 2 heteroatoms. The third-order valence-corrected chi connectivity index (χ3v) is 4.10. The lowest BCUT2D eigenvalue weighted by molar-refractivity contribution is 0.321. The van der Waals surface area contributed by atoms with Crippen LogP contribution in [-0.2, 0) is 0 Å². The van der Waals surface area contributed by atoms with E-state index in [1.54, 1.807) is 0 Å². The second-order valence-electron chi connectivity index (χ2n) is 5.55. The molecule has 0 aliphatic heterocycles. The van der Waals surface area contributed by atoms with Gasteiger partial charge in [0, 0.05) is 25.3 Å². The lowest BCUT2D eigenvalue weighted by Gasteiger charge is -2.31.